The molecule has 4 aliphatic rings. The van der Waals surface area contributed by atoms with Crippen molar-refractivity contribution in [2.75, 3.05) is 0 Å². The molecule has 0 aliphatic heterocycles. The fourth-order valence-corrected chi connectivity index (χ4v) is 7.22. The second-order valence-corrected chi connectivity index (χ2v) is 9.23. The minimum Gasteiger partial charge on any atom is -0.381 e. The maximum atomic E-state index is 15.6. The summed E-state index contributed by atoms with van der Waals surface area (Å²) in [6.45, 7) is 5.24. The minimum atomic E-state index is -4.77. The summed E-state index contributed by atoms with van der Waals surface area (Å²) in [6.07, 6.45) is -3.49. The molecule has 4 aliphatic carbocycles. The van der Waals surface area contributed by atoms with Gasteiger partial charge in [-0.3, -0.25) is 0 Å². The minimum absolute atomic E-state index is 0.218. The van der Waals surface area contributed by atoms with Gasteiger partial charge in [0, 0.05) is 6.42 Å². The van der Waals surface area contributed by atoms with Gasteiger partial charge >= 0.3 is 6.18 Å². The van der Waals surface area contributed by atoms with Crippen LogP contribution in [0.15, 0.2) is 0 Å². The van der Waals surface area contributed by atoms with E-state index < -0.39 is 23.9 Å². The molecule has 23 heavy (non-hydrogen) atoms. The Morgan fingerprint density at radius 1 is 1.04 bits per heavy atom. The van der Waals surface area contributed by atoms with E-state index >= 15 is 4.39 Å². The van der Waals surface area contributed by atoms with E-state index in [1.165, 1.54) is 0 Å². The van der Waals surface area contributed by atoms with Crippen molar-refractivity contribution < 1.29 is 22.7 Å². The number of rotatable bonds is 2. The lowest BCUT2D eigenvalue weighted by Gasteiger charge is -2.47. The van der Waals surface area contributed by atoms with Crippen LogP contribution < -0.4 is 0 Å². The highest BCUT2D eigenvalue weighted by atomic mass is 19.4. The van der Waals surface area contributed by atoms with Gasteiger partial charge in [0.2, 0.25) is 0 Å². The molecule has 1 N–H and O–H groups in total. The first-order valence-corrected chi connectivity index (χ1v) is 8.94. The molecule has 4 rings (SSSR count). The van der Waals surface area contributed by atoms with Crippen molar-refractivity contribution in [3.8, 4) is 0 Å². The van der Waals surface area contributed by atoms with Crippen LogP contribution in [0.3, 0.4) is 0 Å². The summed E-state index contributed by atoms with van der Waals surface area (Å²) >= 11 is 0. The Morgan fingerprint density at radius 2 is 1.61 bits per heavy atom. The van der Waals surface area contributed by atoms with E-state index in [4.69, 9.17) is 0 Å². The second-order valence-electron chi connectivity index (χ2n) is 9.23. The smallest absolute Gasteiger partial charge is 0.381 e. The first kappa shape index (κ1) is 16.2. The Kier molecular flexibility index (Phi) is 3.12. The topological polar surface area (TPSA) is 20.2 Å². The predicted octanol–water partition coefficient (Wildman–Crippen LogP) is 4.59. The van der Waals surface area contributed by atoms with Gasteiger partial charge in [-0.05, 0) is 73.5 Å². The van der Waals surface area contributed by atoms with E-state index in [1.54, 1.807) is 0 Å². The molecule has 4 fully saturated rings. The largest absolute Gasteiger partial charge is 0.417 e. The van der Waals surface area contributed by atoms with E-state index in [1.807, 2.05) is 0 Å². The van der Waals surface area contributed by atoms with E-state index in [0.29, 0.717) is 29.6 Å². The Morgan fingerprint density at radius 3 is 2.17 bits per heavy atom. The van der Waals surface area contributed by atoms with Gasteiger partial charge in [0.15, 0.2) is 5.60 Å². The molecule has 1 nitrogen and oxygen atoms in total. The van der Waals surface area contributed by atoms with Gasteiger partial charge in [-0.15, -0.1) is 0 Å². The molecule has 10 atom stereocenters. The molecule has 0 radical (unpaired) electrons. The molecule has 0 heterocycles. The highest BCUT2D eigenvalue weighted by Gasteiger charge is 2.71. The third-order valence-electron chi connectivity index (χ3n) is 8.24. The van der Waals surface area contributed by atoms with Gasteiger partial charge in [0.25, 0.3) is 0 Å². The van der Waals surface area contributed by atoms with Crippen LogP contribution in [0, 0.1) is 47.3 Å². The summed E-state index contributed by atoms with van der Waals surface area (Å²) < 4.78 is 54.6. The number of halogens is 4. The lowest BCUT2D eigenvalue weighted by molar-refractivity contribution is -0.267. The molecule has 10 unspecified atom stereocenters. The number of hydrogen-bond acceptors (Lipinski definition) is 1. The van der Waals surface area contributed by atoms with Gasteiger partial charge < -0.3 is 5.11 Å². The molecular formula is C18H26F4O. The summed E-state index contributed by atoms with van der Waals surface area (Å²) in [7, 11) is 0. The van der Waals surface area contributed by atoms with Crippen LogP contribution in [0.25, 0.3) is 0 Å². The highest BCUT2D eigenvalue weighted by molar-refractivity contribution is 5.19. The highest BCUT2D eigenvalue weighted by Crippen LogP contribution is 2.73. The van der Waals surface area contributed by atoms with Gasteiger partial charge in [0.05, 0.1) is 0 Å². The molecule has 0 saturated heterocycles. The Labute approximate surface area is 134 Å². The fraction of sp³-hybridized carbons (Fsp3) is 1.00. The maximum Gasteiger partial charge on any atom is 0.417 e. The molecular weight excluding hydrogens is 308 g/mol. The van der Waals surface area contributed by atoms with Crippen LogP contribution in [-0.2, 0) is 0 Å². The molecule has 0 aromatic rings. The Hall–Kier alpha value is -0.320. The summed E-state index contributed by atoms with van der Waals surface area (Å²) in [5, 5.41) is 9.81. The normalized spacial score (nSPS) is 56.9. The number of hydrogen-bond donors (Lipinski definition) is 1. The SMILES string of the molecule is CC1C(C)C2CC1C1C3CC(C21)C(F)(CC(C)(O)C(F)(F)F)C3. The number of alkyl halides is 4. The lowest BCUT2D eigenvalue weighted by Crippen LogP contribution is -2.52. The zero-order valence-corrected chi connectivity index (χ0v) is 13.9. The molecule has 0 aromatic carbocycles. The fourth-order valence-electron chi connectivity index (χ4n) is 7.22. The molecule has 0 amide bonds. The van der Waals surface area contributed by atoms with Crippen molar-refractivity contribution in [2.45, 2.75) is 63.9 Å². The van der Waals surface area contributed by atoms with E-state index in [9.17, 15) is 18.3 Å². The Balaban J connectivity index is 1.59. The van der Waals surface area contributed by atoms with Crippen molar-refractivity contribution in [1.29, 1.82) is 0 Å². The molecule has 132 valence electrons. The summed E-state index contributed by atoms with van der Waals surface area (Å²) in [5.41, 5.74) is -4.78. The van der Waals surface area contributed by atoms with Crippen molar-refractivity contribution >= 4 is 0 Å². The second kappa shape index (κ2) is 4.44. The van der Waals surface area contributed by atoms with Crippen LogP contribution in [0.4, 0.5) is 17.6 Å². The molecule has 0 spiro atoms. The quantitative estimate of drug-likeness (QED) is 0.578. The van der Waals surface area contributed by atoms with Crippen LogP contribution in [0.2, 0.25) is 0 Å². The van der Waals surface area contributed by atoms with Crippen molar-refractivity contribution in [3.63, 3.8) is 0 Å². The first-order valence-electron chi connectivity index (χ1n) is 8.94. The summed E-state index contributed by atoms with van der Waals surface area (Å²) in [5.74, 6) is 3.04. The average molecular weight is 334 g/mol. The first-order chi connectivity index (χ1) is 10.5. The number of aliphatic hydroxyl groups is 1. The standard InChI is InChI=1S/C18H26F4O/c1-8-9(2)12-5-11(8)14-10-4-13(15(12)14)17(19,6-10)7-16(3,23)18(20,21)22/h8-15,23H,4-7H2,1-3H3. The van der Waals surface area contributed by atoms with E-state index in [2.05, 4.69) is 13.8 Å². The molecule has 4 saturated carbocycles. The van der Waals surface area contributed by atoms with Crippen LogP contribution in [-0.4, -0.2) is 22.6 Å². The zero-order valence-electron chi connectivity index (χ0n) is 13.9. The molecule has 0 aromatic heterocycles. The zero-order chi connectivity index (χ0) is 16.9. The van der Waals surface area contributed by atoms with E-state index in [0.717, 1.165) is 19.8 Å². The maximum absolute atomic E-state index is 15.6. The van der Waals surface area contributed by atoms with E-state index in [-0.39, 0.29) is 24.2 Å². The van der Waals surface area contributed by atoms with Gasteiger partial charge in [-0.2, -0.15) is 13.2 Å². The van der Waals surface area contributed by atoms with Crippen molar-refractivity contribution in [3.05, 3.63) is 0 Å². The summed E-state index contributed by atoms with van der Waals surface area (Å²) in [4.78, 5) is 0. The summed E-state index contributed by atoms with van der Waals surface area (Å²) in [6, 6.07) is 0. The van der Waals surface area contributed by atoms with Crippen molar-refractivity contribution in [2.24, 2.45) is 47.3 Å². The van der Waals surface area contributed by atoms with Crippen LogP contribution in [0.1, 0.15) is 46.5 Å². The third kappa shape index (κ3) is 1.95. The lowest BCUT2D eigenvalue weighted by atomic mass is 9.60. The predicted molar refractivity (Wildman–Crippen MR) is 78.3 cm³/mol. The van der Waals surface area contributed by atoms with Crippen LogP contribution in [0.5, 0.6) is 0 Å². The monoisotopic (exact) mass is 334 g/mol. The van der Waals surface area contributed by atoms with Gasteiger partial charge in [-0.1, -0.05) is 13.8 Å². The van der Waals surface area contributed by atoms with Crippen LogP contribution >= 0.6 is 0 Å². The third-order valence-corrected chi connectivity index (χ3v) is 8.24. The van der Waals surface area contributed by atoms with Gasteiger partial charge in [-0.25, -0.2) is 4.39 Å². The average Bonchev–Trinajstić information content (AvgIpc) is 3.07. The number of fused-ring (bicyclic) bond motifs is 9. The Bertz CT molecular complexity index is 516. The van der Waals surface area contributed by atoms with Crippen molar-refractivity contribution in [1.82, 2.24) is 0 Å². The molecule has 4 bridgehead atoms. The van der Waals surface area contributed by atoms with Gasteiger partial charge in [0.1, 0.15) is 5.67 Å². The molecule has 5 heteroatoms.